The topological polar surface area (TPSA) is 35.8 Å². The second kappa shape index (κ2) is 14.5. The highest BCUT2D eigenvalue weighted by Crippen LogP contribution is 2.20. The number of nitrogens with zero attached hydrogens (tertiary/aromatic N) is 1. The second-order valence-corrected chi connectivity index (χ2v) is 3.71. The van der Waals surface area contributed by atoms with Crippen LogP contribution in [0.2, 0.25) is 0 Å². The summed E-state index contributed by atoms with van der Waals surface area (Å²) in [6, 6.07) is 2.94. The molecule has 0 aromatic carbocycles. The quantitative estimate of drug-likeness (QED) is 0.782. The molecule has 0 spiro atoms. The average molecular weight is 226 g/mol. The van der Waals surface area contributed by atoms with Crippen LogP contribution in [0.4, 0.5) is 0 Å². The van der Waals surface area contributed by atoms with Gasteiger partial charge in [0.1, 0.15) is 0 Å². The first kappa shape index (κ1) is 17.8. The zero-order valence-electron chi connectivity index (χ0n) is 11.8. The fourth-order valence-electron chi connectivity index (χ4n) is 1.86. The normalized spacial score (nSPS) is 22.2. The highest BCUT2D eigenvalue weighted by atomic mass is 14.9. The minimum atomic E-state index is 0.622. The highest BCUT2D eigenvalue weighted by Gasteiger charge is 2.22. The Labute approximate surface area is 102 Å². The maximum atomic E-state index is 8.51. The van der Waals surface area contributed by atoms with Gasteiger partial charge in [-0.1, -0.05) is 47.5 Å². The number of nitriles is 1. The molecule has 1 saturated heterocycles. The molecule has 0 aliphatic carbocycles. The SMILES string of the molecule is CC.CC.CCCCC1CC(CC#N)CN1. The summed E-state index contributed by atoms with van der Waals surface area (Å²) in [6.07, 6.45) is 5.83. The molecule has 0 amide bonds. The molecule has 0 aromatic rings. The fraction of sp³-hybridized carbons (Fsp3) is 0.929. The van der Waals surface area contributed by atoms with E-state index in [1.807, 2.05) is 27.7 Å². The van der Waals surface area contributed by atoms with Crippen LogP contribution in [0.3, 0.4) is 0 Å². The number of unbranched alkanes of at least 4 members (excludes halogenated alkanes) is 1. The first-order valence-corrected chi connectivity index (χ1v) is 6.97. The van der Waals surface area contributed by atoms with Gasteiger partial charge in [0, 0.05) is 12.5 Å². The van der Waals surface area contributed by atoms with Gasteiger partial charge in [-0.05, 0) is 25.3 Å². The maximum Gasteiger partial charge on any atom is 0.0625 e. The molecule has 1 heterocycles. The van der Waals surface area contributed by atoms with Crippen LogP contribution in [0.5, 0.6) is 0 Å². The van der Waals surface area contributed by atoms with Gasteiger partial charge in [-0.3, -0.25) is 0 Å². The van der Waals surface area contributed by atoms with Crippen LogP contribution >= 0.6 is 0 Å². The van der Waals surface area contributed by atoms with Gasteiger partial charge < -0.3 is 5.32 Å². The van der Waals surface area contributed by atoms with Crippen LogP contribution in [-0.2, 0) is 0 Å². The zero-order valence-corrected chi connectivity index (χ0v) is 11.8. The van der Waals surface area contributed by atoms with E-state index in [1.165, 1.54) is 25.7 Å². The lowest BCUT2D eigenvalue weighted by atomic mass is 10.00. The number of nitrogens with one attached hydrogen (secondary N) is 1. The molecule has 1 aliphatic heterocycles. The first-order chi connectivity index (χ1) is 7.86. The van der Waals surface area contributed by atoms with Crippen molar-refractivity contribution in [2.75, 3.05) is 6.54 Å². The van der Waals surface area contributed by atoms with Crippen molar-refractivity contribution in [3.63, 3.8) is 0 Å². The Bertz CT molecular complexity index is 161. The average Bonchev–Trinajstić information content (AvgIpc) is 2.80. The van der Waals surface area contributed by atoms with Crippen LogP contribution in [0, 0.1) is 17.2 Å². The minimum absolute atomic E-state index is 0.622. The van der Waals surface area contributed by atoms with Gasteiger partial charge in [0.2, 0.25) is 0 Å². The molecule has 96 valence electrons. The Morgan fingerprint density at radius 3 is 2.38 bits per heavy atom. The predicted molar refractivity (Wildman–Crippen MR) is 72.3 cm³/mol. The summed E-state index contributed by atoms with van der Waals surface area (Å²) < 4.78 is 0. The summed E-state index contributed by atoms with van der Waals surface area (Å²) in [4.78, 5) is 0. The van der Waals surface area contributed by atoms with E-state index >= 15 is 0 Å². The van der Waals surface area contributed by atoms with Gasteiger partial charge in [0.15, 0.2) is 0 Å². The van der Waals surface area contributed by atoms with Gasteiger partial charge in [-0.2, -0.15) is 5.26 Å². The van der Waals surface area contributed by atoms with Crippen LogP contribution in [-0.4, -0.2) is 12.6 Å². The van der Waals surface area contributed by atoms with E-state index in [0.29, 0.717) is 12.0 Å². The van der Waals surface area contributed by atoms with Crippen molar-refractivity contribution < 1.29 is 0 Å². The molecule has 0 radical (unpaired) electrons. The van der Waals surface area contributed by atoms with Crippen molar-refractivity contribution in [2.45, 2.75) is 72.8 Å². The van der Waals surface area contributed by atoms with Gasteiger partial charge in [0.05, 0.1) is 6.07 Å². The maximum absolute atomic E-state index is 8.51. The third kappa shape index (κ3) is 8.73. The number of hydrogen-bond acceptors (Lipinski definition) is 2. The molecular weight excluding hydrogens is 196 g/mol. The third-order valence-electron chi connectivity index (χ3n) is 2.60. The standard InChI is InChI=1S/C10H18N2.2C2H6/c1-2-3-4-10-7-9(5-6-11)8-12-10;2*1-2/h9-10,12H,2-5,7-8H2,1H3;2*1-2H3. The van der Waals surface area contributed by atoms with Gasteiger partial charge in [-0.25, -0.2) is 0 Å². The Kier molecular flexibility index (Phi) is 16.1. The zero-order chi connectivity index (χ0) is 12.8. The summed E-state index contributed by atoms with van der Waals surface area (Å²) in [5, 5.41) is 12.0. The van der Waals surface area contributed by atoms with E-state index in [9.17, 15) is 0 Å². The highest BCUT2D eigenvalue weighted by molar-refractivity contribution is 4.86. The molecule has 0 aromatic heterocycles. The Balaban J connectivity index is 0. The summed E-state index contributed by atoms with van der Waals surface area (Å²) in [5.74, 6) is 0.622. The van der Waals surface area contributed by atoms with E-state index in [2.05, 4.69) is 18.3 Å². The van der Waals surface area contributed by atoms with Crippen molar-refractivity contribution in [1.82, 2.24) is 5.32 Å². The van der Waals surface area contributed by atoms with Crippen molar-refractivity contribution >= 4 is 0 Å². The number of hydrogen-bond donors (Lipinski definition) is 1. The van der Waals surface area contributed by atoms with Crippen LogP contribution in [0.15, 0.2) is 0 Å². The molecule has 1 fully saturated rings. The molecule has 2 nitrogen and oxygen atoms in total. The van der Waals surface area contributed by atoms with E-state index in [1.54, 1.807) is 0 Å². The largest absolute Gasteiger partial charge is 0.314 e. The Morgan fingerprint density at radius 1 is 1.25 bits per heavy atom. The number of rotatable bonds is 4. The molecule has 2 heteroatoms. The monoisotopic (exact) mass is 226 g/mol. The second-order valence-electron chi connectivity index (χ2n) is 3.71. The van der Waals surface area contributed by atoms with E-state index in [0.717, 1.165) is 13.0 Å². The van der Waals surface area contributed by atoms with Gasteiger partial charge in [0.25, 0.3) is 0 Å². The Hall–Kier alpha value is -0.550. The van der Waals surface area contributed by atoms with Crippen molar-refractivity contribution in [1.29, 1.82) is 5.26 Å². The smallest absolute Gasteiger partial charge is 0.0625 e. The summed E-state index contributed by atoms with van der Waals surface area (Å²) in [5.41, 5.74) is 0. The molecule has 2 atom stereocenters. The van der Waals surface area contributed by atoms with Crippen LogP contribution < -0.4 is 5.32 Å². The molecule has 0 saturated carbocycles. The summed E-state index contributed by atoms with van der Waals surface area (Å²) >= 11 is 0. The van der Waals surface area contributed by atoms with Crippen LogP contribution in [0.25, 0.3) is 0 Å². The third-order valence-corrected chi connectivity index (χ3v) is 2.60. The molecule has 16 heavy (non-hydrogen) atoms. The van der Waals surface area contributed by atoms with E-state index < -0.39 is 0 Å². The lowest BCUT2D eigenvalue weighted by molar-refractivity contribution is 0.512. The molecular formula is C14H30N2. The van der Waals surface area contributed by atoms with Crippen molar-refractivity contribution in [2.24, 2.45) is 5.92 Å². The molecule has 1 aliphatic rings. The van der Waals surface area contributed by atoms with Gasteiger partial charge >= 0.3 is 0 Å². The van der Waals surface area contributed by atoms with E-state index in [4.69, 9.17) is 5.26 Å². The molecule has 1 N–H and O–H groups in total. The molecule has 2 unspecified atom stereocenters. The minimum Gasteiger partial charge on any atom is -0.314 e. The van der Waals surface area contributed by atoms with Crippen LogP contribution in [0.1, 0.15) is 66.7 Å². The fourth-order valence-corrected chi connectivity index (χ4v) is 1.86. The summed E-state index contributed by atoms with van der Waals surface area (Å²) in [7, 11) is 0. The van der Waals surface area contributed by atoms with E-state index in [-0.39, 0.29) is 0 Å². The van der Waals surface area contributed by atoms with Crippen molar-refractivity contribution in [3.8, 4) is 6.07 Å². The molecule has 0 bridgehead atoms. The summed E-state index contributed by atoms with van der Waals surface area (Å²) in [6.45, 7) is 11.3. The predicted octanol–water partition coefficient (Wildman–Crippen LogP) is 4.12. The first-order valence-electron chi connectivity index (χ1n) is 6.97. The molecule has 1 rings (SSSR count). The lowest BCUT2D eigenvalue weighted by Gasteiger charge is -2.07. The lowest BCUT2D eigenvalue weighted by Crippen LogP contribution is -2.20. The van der Waals surface area contributed by atoms with Gasteiger partial charge in [-0.15, -0.1) is 0 Å². The Morgan fingerprint density at radius 2 is 1.88 bits per heavy atom. The van der Waals surface area contributed by atoms with Crippen molar-refractivity contribution in [3.05, 3.63) is 0 Å².